The molecule has 0 bridgehead atoms. The molecular weight excluding hydrogens is 231 g/mol. The SMILES string of the molecule is C=CCCC[C@H]1CO[C@H](c2ccc(F)cc2)OC1. The number of allylic oxidation sites excluding steroid dienone is 1. The van der Waals surface area contributed by atoms with Crippen molar-refractivity contribution in [3.63, 3.8) is 0 Å². The van der Waals surface area contributed by atoms with Crippen LogP contribution in [0.3, 0.4) is 0 Å². The van der Waals surface area contributed by atoms with Gasteiger partial charge in [-0.2, -0.15) is 0 Å². The molecule has 0 aromatic heterocycles. The van der Waals surface area contributed by atoms with E-state index in [9.17, 15) is 4.39 Å². The molecule has 0 N–H and O–H groups in total. The third-order valence-corrected chi connectivity index (χ3v) is 3.13. The first-order valence-electron chi connectivity index (χ1n) is 6.39. The molecule has 1 heterocycles. The fourth-order valence-electron chi connectivity index (χ4n) is 2.07. The van der Waals surface area contributed by atoms with E-state index in [1.165, 1.54) is 12.1 Å². The molecule has 0 atom stereocenters. The highest BCUT2D eigenvalue weighted by Gasteiger charge is 2.23. The summed E-state index contributed by atoms with van der Waals surface area (Å²) in [4.78, 5) is 0. The normalized spacial score (nSPS) is 23.8. The fraction of sp³-hybridized carbons (Fsp3) is 0.467. The smallest absolute Gasteiger partial charge is 0.183 e. The minimum Gasteiger partial charge on any atom is -0.348 e. The molecule has 98 valence electrons. The first-order valence-corrected chi connectivity index (χ1v) is 6.39. The Hall–Kier alpha value is -1.19. The average molecular weight is 250 g/mol. The van der Waals surface area contributed by atoms with Crippen molar-refractivity contribution in [1.29, 1.82) is 0 Å². The predicted molar refractivity (Wildman–Crippen MR) is 68.6 cm³/mol. The molecule has 2 nitrogen and oxygen atoms in total. The first kappa shape index (κ1) is 13.2. The molecule has 1 aromatic rings. The molecule has 1 aliphatic heterocycles. The van der Waals surface area contributed by atoms with Crippen molar-refractivity contribution in [3.05, 3.63) is 48.3 Å². The van der Waals surface area contributed by atoms with Crippen LogP contribution in [-0.2, 0) is 9.47 Å². The van der Waals surface area contributed by atoms with Gasteiger partial charge in [0, 0.05) is 11.5 Å². The highest BCUT2D eigenvalue weighted by atomic mass is 19.1. The fourth-order valence-corrected chi connectivity index (χ4v) is 2.07. The maximum absolute atomic E-state index is 12.8. The summed E-state index contributed by atoms with van der Waals surface area (Å²) in [5.74, 6) is 0.221. The van der Waals surface area contributed by atoms with E-state index in [-0.39, 0.29) is 12.1 Å². The van der Waals surface area contributed by atoms with E-state index in [0.717, 1.165) is 24.8 Å². The molecule has 0 amide bonds. The minimum absolute atomic E-state index is 0.239. The zero-order valence-corrected chi connectivity index (χ0v) is 10.5. The monoisotopic (exact) mass is 250 g/mol. The van der Waals surface area contributed by atoms with Gasteiger partial charge >= 0.3 is 0 Å². The van der Waals surface area contributed by atoms with Crippen molar-refractivity contribution >= 4 is 0 Å². The Morgan fingerprint density at radius 2 is 1.89 bits per heavy atom. The van der Waals surface area contributed by atoms with Gasteiger partial charge in [0.05, 0.1) is 13.2 Å². The predicted octanol–water partition coefficient (Wildman–Crippen LogP) is 3.84. The summed E-state index contributed by atoms with van der Waals surface area (Å²) in [5.41, 5.74) is 0.876. The molecule has 18 heavy (non-hydrogen) atoms. The molecule has 1 fully saturated rings. The number of unbranched alkanes of at least 4 members (excludes halogenated alkanes) is 1. The molecule has 0 saturated carbocycles. The second-order valence-electron chi connectivity index (χ2n) is 4.64. The lowest BCUT2D eigenvalue weighted by Crippen LogP contribution is -2.27. The highest BCUT2D eigenvalue weighted by molar-refractivity contribution is 5.17. The summed E-state index contributed by atoms with van der Waals surface area (Å²) in [6, 6.07) is 6.27. The third kappa shape index (κ3) is 3.65. The van der Waals surface area contributed by atoms with E-state index in [1.54, 1.807) is 12.1 Å². The molecule has 0 aliphatic carbocycles. The van der Waals surface area contributed by atoms with Crippen LogP contribution in [0.5, 0.6) is 0 Å². The highest BCUT2D eigenvalue weighted by Crippen LogP contribution is 2.27. The third-order valence-electron chi connectivity index (χ3n) is 3.13. The summed E-state index contributed by atoms with van der Waals surface area (Å²) in [7, 11) is 0. The summed E-state index contributed by atoms with van der Waals surface area (Å²) in [6.07, 6.45) is 4.86. The summed E-state index contributed by atoms with van der Waals surface area (Å²) < 4.78 is 24.2. The lowest BCUT2D eigenvalue weighted by molar-refractivity contribution is -0.206. The standard InChI is InChI=1S/C15H19FO2/c1-2-3-4-5-12-10-17-15(18-11-12)13-6-8-14(16)9-7-13/h2,6-9,12,15H,1,3-5,10-11H2/t12-,15-. The Labute approximate surface area is 107 Å². The topological polar surface area (TPSA) is 18.5 Å². The Morgan fingerprint density at radius 3 is 2.50 bits per heavy atom. The molecular formula is C15H19FO2. The number of hydrogen-bond donors (Lipinski definition) is 0. The quantitative estimate of drug-likeness (QED) is 0.584. The van der Waals surface area contributed by atoms with Crippen LogP contribution < -0.4 is 0 Å². The molecule has 1 aromatic carbocycles. The number of rotatable bonds is 5. The lowest BCUT2D eigenvalue weighted by Gasteiger charge is -2.29. The van der Waals surface area contributed by atoms with Crippen LogP contribution in [0.15, 0.2) is 36.9 Å². The van der Waals surface area contributed by atoms with Gasteiger partial charge in [-0.3, -0.25) is 0 Å². The van der Waals surface area contributed by atoms with Gasteiger partial charge < -0.3 is 9.47 Å². The van der Waals surface area contributed by atoms with E-state index in [0.29, 0.717) is 19.1 Å². The number of ether oxygens (including phenoxy) is 2. The van der Waals surface area contributed by atoms with E-state index in [2.05, 4.69) is 6.58 Å². The van der Waals surface area contributed by atoms with Crippen LogP contribution in [0, 0.1) is 11.7 Å². The van der Waals surface area contributed by atoms with Crippen LogP contribution in [0.25, 0.3) is 0 Å². The molecule has 3 heteroatoms. The zero-order chi connectivity index (χ0) is 12.8. The van der Waals surface area contributed by atoms with Crippen molar-refractivity contribution < 1.29 is 13.9 Å². The first-order chi connectivity index (χ1) is 8.79. The van der Waals surface area contributed by atoms with Crippen molar-refractivity contribution in [2.45, 2.75) is 25.6 Å². The van der Waals surface area contributed by atoms with Gasteiger partial charge in [0.15, 0.2) is 6.29 Å². The second-order valence-corrected chi connectivity index (χ2v) is 4.64. The van der Waals surface area contributed by atoms with Crippen molar-refractivity contribution in [2.24, 2.45) is 5.92 Å². The van der Waals surface area contributed by atoms with Crippen LogP contribution in [0.2, 0.25) is 0 Å². The summed E-state index contributed by atoms with van der Waals surface area (Å²) >= 11 is 0. The minimum atomic E-state index is -0.346. The van der Waals surface area contributed by atoms with Gasteiger partial charge in [0.2, 0.25) is 0 Å². The van der Waals surface area contributed by atoms with E-state index < -0.39 is 0 Å². The van der Waals surface area contributed by atoms with Crippen LogP contribution in [0.1, 0.15) is 31.1 Å². The van der Waals surface area contributed by atoms with E-state index in [1.807, 2.05) is 6.08 Å². The van der Waals surface area contributed by atoms with Crippen LogP contribution in [-0.4, -0.2) is 13.2 Å². The molecule has 1 saturated heterocycles. The summed E-state index contributed by atoms with van der Waals surface area (Å²) in [6.45, 7) is 5.12. The Bertz CT molecular complexity index is 367. The van der Waals surface area contributed by atoms with E-state index in [4.69, 9.17) is 9.47 Å². The van der Waals surface area contributed by atoms with E-state index >= 15 is 0 Å². The van der Waals surface area contributed by atoms with Gasteiger partial charge in [-0.05, 0) is 31.4 Å². The average Bonchev–Trinajstić information content (AvgIpc) is 2.41. The van der Waals surface area contributed by atoms with Gasteiger partial charge in [-0.15, -0.1) is 6.58 Å². The molecule has 0 spiro atoms. The van der Waals surface area contributed by atoms with Crippen molar-refractivity contribution in [1.82, 2.24) is 0 Å². The Kier molecular flexibility index (Phi) is 4.90. The van der Waals surface area contributed by atoms with Crippen molar-refractivity contribution in [2.75, 3.05) is 13.2 Å². The zero-order valence-electron chi connectivity index (χ0n) is 10.5. The Balaban J connectivity index is 1.79. The van der Waals surface area contributed by atoms with Crippen LogP contribution in [0.4, 0.5) is 4.39 Å². The number of halogens is 1. The van der Waals surface area contributed by atoms with Gasteiger partial charge in [0.1, 0.15) is 5.82 Å². The molecule has 0 unspecified atom stereocenters. The number of hydrogen-bond acceptors (Lipinski definition) is 2. The van der Waals surface area contributed by atoms with Crippen molar-refractivity contribution in [3.8, 4) is 0 Å². The van der Waals surface area contributed by atoms with Gasteiger partial charge in [-0.25, -0.2) is 4.39 Å². The maximum Gasteiger partial charge on any atom is 0.183 e. The molecule has 0 radical (unpaired) electrons. The van der Waals surface area contributed by atoms with Gasteiger partial charge in [0.25, 0.3) is 0 Å². The van der Waals surface area contributed by atoms with Gasteiger partial charge in [-0.1, -0.05) is 18.2 Å². The lowest BCUT2D eigenvalue weighted by atomic mass is 10.0. The largest absolute Gasteiger partial charge is 0.348 e. The maximum atomic E-state index is 12.8. The van der Waals surface area contributed by atoms with Crippen LogP contribution >= 0.6 is 0 Å². The molecule has 1 aliphatic rings. The number of benzene rings is 1. The summed E-state index contributed by atoms with van der Waals surface area (Å²) in [5, 5.41) is 0. The Morgan fingerprint density at radius 1 is 1.22 bits per heavy atom. The molecule has 2 rings (SSSR count). The second kappa shape index (κ2) is 6.66.